The summed E-state index contributed by atoms with van der Waals surface area (Å²) in [6.07, 6.45) is 0. The molecule has 0 spiro atoms. The largest absolute Gasteiger partial charge is 0.326 e. The van der Waals surface area contributed by atoms with Gasteiger partial charge in [-0.1, -0.05) is 0 Å². The van der Waals surface area contributed by atoms with E-state index >= 15 is 0 Å². The van der Waals surface area contributed by atoms with Crippen LogP contribution in [0.4, 0.5) is 15.8 Å². The van der Waals surface area contributed by atoms with Crippen LogP contribution in [-0.4, -0.2) is 26.3 Å². The normalized spacial score (nSPS) is 12.3. The lowest BCUT2D eigenvalue weighted by atomic mass is 10.2. The molecule has 0 aliphatic heterocycles. The Balaban J connectivity index is 2.00. The Morgan fingerprint density at radius 3 is 1.92 bits per heavy atom. The third kappa shape index (κ3) is 5.36. The summed E-state index contributed by atoms with van der Waals surface area (Å²) in [6, 6.07) is 9.57. The average molecular weight is 379 g/mol. The van der Waals surface area contributed by atoms with Crippen LogP contribution in [0, 0.1) is 5.82 Å². The molecule has 3 N–H and O–H groups in total. The smallest absolute Gasteiger partial charge is 0.242 e. The maximum absolute atomic E-state index is 12.9. The second kappa shape index (κ2) is 8.07. The van der Waals surface area contributed by atoms with Gasteiger partial charge in [-0.05, 0) is 55.5 Å². The average Bonchev–Trinajstić information content (AvgIpc) is 2.56. The van der Waals surface area contributed by atoms with Crippen molar-refractivity contribution in [1.82, 2.24) is 4.72 Å². The molecule has 0 aliphatic rings. The molecule has 2 rings (SSSR count). The van der Waals surface area contributed by atoms with E-state index in [4.69, 9.17) is 0 Å². The summed E-state index contributed by atoms with van der Waals surface area (Å²) in [5, 5.41) is 5.16. The lowest BCUT2D eigenvalue weighted by Crippen LogP contribution is -2.41. The summed E-state index contributed by atoms with van der Waals surface area (Å²) in [4.78, 5) is 23.0. The molecule has 7 nitrogen and oxygen atoms in total. The monoisotopic (exact) mass is 379 g/mol. The molecular formula is C17H18FN3O4S. The van der Waals surface area contributed by atoms with Gasteiger partial charge in [0.05, 0.1) is 10.9 Å². The molecule has 0 aliphatic carbocycles. The highest BCUT2D eigenvalue weighted by Crippen LogP contribution is 2.14. The van der Waals surface area contributed by atoms with Crippen LogP contribution in [-0.2, 0) is 19.6 Å². The molecule has 0 aromatic heterocycles. The van der Waals surface area contributed by atoms with Gasteiger partial charge in [0.25, 0.3) is 0 Å². The van der Waals surface area contributed by atoms with Crippen LogP contribution in [0.15, 0.2) is 53.4 Å². The van der Waals surface area contributed by atoms with E-state index in [0.29, 0.717) is 11.4 Å². The van der Waals surface area contributed by atoms with Crippen molar-refractivity contribution in [3.8, 4) is 0 Å². The van der Waals surface area contributed by atoms with E-state index in [1.54, 1.807) is 24.3 Å². The molecule has 0 saturated carbocycles. The van der Waals surface area contributed by atoms with E-state index in [1.165, 1.54) is 13.8 Å². The lowest BCUT2D eigenvalue weighted by Gasteiger charge is -2.15. The van der Waals surface area contributed by atoms with Crippen molar-refractivity contribution in [1.29, 1.82) is 0 Å². The summed E-state index contributed by atoms with van der Waals surface area (Å²) in [5.74, 6) is -1.34. The van der Waals surface area contributed by atoms with Crippen molar-refractivity contribution >= 4 is 33.2 Å². The van der Waals surface area contributed by atoms with Crippen molar-refractivity contribution in [2.24, 2.45) is 0 Å². The number of amides is 2. The first-order valence-corrected chi connectivity index (χ1v) is 9.12. The first-order chi connectivity index (χ1) is 12.2. The Kier molecular flexibility index (Phi) is 6.06. The Bertz CT molecular complexity index is 897. The number of halogens is 1. The third-order valence-corrected chi connectivity index (χ3v) is 4.88. The first-order valence-electron chi connectivity index (χ1n) is 7.64. The van der Waals surface area contributed by atoms with Gasteiger partial charge in [-0.25, -0.2) is 12.8 Å². The summed E-state index contributed by atoms with van der Waals surface area (Å²) in [6.45, 7) is 2.77. The fourth-order valence-electron chi connectivity index (χ4n) is 2.06. The molecule has 0 bridgehead atoms. The van der Waals surface area contributed by atoms with Crippen LogP contribution in [0.3, 0.4) is 0 Å². The fraction of sp³-hybridized carbons (Fsp3) is 0.176. The van der Waals surface area contributed by atoms with Gasteiger partial charge in [0.2, 0.25) is 21.8 Å². The Labute approximate surface area is 150 Å². The minimum absolute atomic E-state index is 0.141. The van der Waals surface area contributed by atoms with Crippen LogP contribution >= 0.6 is 0 Å². The molecule has 2 amide bonds. The zero-order valence-electron chi connectivity index (χ0n) is 14.1. The predicted molar refractivity (Wildman–Crippen MR) is 95.6 cm³/mol. The Hall–Kier alpha value is -2.78. The standard InChI is InChI=1S/C17H18FN3O4S/c1-11(21-26(24,25)16-9-3-13(18)4-10-16)17(23)20-15-7-5-14(6-8-15)19-12(2)22/h3-11,21H,1-2H3,(H,19,22)(H,20,23). The number of carbonyl (C=O) groups excluding carboxylic acids is 2. The Morgan fingerprint density at radius 2 is 1.42 bits per heavy atom. The summed E-state index contributed by atoms with van der Waals surface area (Å²) >= 11 is 0. The SMILES string of the molecule is CC(=O)Nc1ccc(NC(=O)C(C)NS(=O)(=O)c2ccc(F)cc2)cc1. The van der Waals surface area contributed by atoms with E-state index in [9.17, 15) is 22.4 Å². The van der Waals surface area contributed by atoms with E-state index in [0.717, 1.165) is 24.3 Å². The molecule has 0 radical (unpaired) electrons. The number of hydrogen-bond donors (Lipinski definition) is 3. The summed E-state index contributed by atoms with van der Waals surface area (Å²) in [5.41, 5.74) is 1.01. The van der Waals surface area contributed by atoms with Gasteiger partial charge in [0, 0.05) is 18.3 Å². The fourth-order valence-corrected chi connectivity index (χ4v) is 3.26. The first kappa shape index (κ1) is 19.5. The van der Waals surface area contributed by atoms with Crippen LogP contribution in [0.5, 0.6) is 0 Å². The molecule has 9 heteroatoms. The molecule has 1 atom stereocenters. The highest BCUT2D eigenvalue weighted by atomic mass is 32.2. The topological polar surface area (TPSA) is 104 Å². The van der Waals surface area contributed by atoms with E-state index in [-0.39, 0.29) is 10.8 Å². The maximum Gasteiger partial charge on any atom is 0.242 e. The number of rotatable bonds is 6. The second-order valence-corrected chi connectivity index (χ2v) is 7.26. The minimum Gasteiger partial charge on any atom is -0.326 e. The number of anilines is 2. The van der Waals surface area contributed by atoms with Crippen molar-refractivity contribution in [2.75, 3.05) is 10.6 Å². The van der Waals surface area contributed by atoms with Gasteiger partial charge in [-0.3, -0.25) is 9.59 Å². The molecule has 138 valence electrons. The third-order valence-electron chi connectivity index (χ3n) is 3.32. The van der Waals surface area contributed by atoms with Gasteiger partial charge in [-0.15, -0.1) is 0 Å². The number of carbonyl (C=O) groups is 2. The van der Waals surface area contributed by atoms with Crippen LogP contribution in [0.25, 0.3) is 0 Å². The molecule has 0 heterocycles. The number of sulfonamides is 1. The van der Waals surface area contributed by atoms with Gasteiger partial charge < -0.3 is 10.6 Å². The Morgan fingerprint density at radius 1 is 0.923 bits per heavy atom. The zero-order valence-corrected chi connectivity index (χ0v) is 14.9. The van der Waals surface area contributed by atoms with E-state index in [2.05, 4.69) is 15.4 Å². The van der Waals surface area contributed by atoms with E-state index < -0.39 is 27.8 Å². The van der Waals surface area contributed by atoms with Crippen molar-refractivity contribution in [2.45, 2.75) is 24.8 Å². The minimum atomic E-state index is -3.96. The van der Waals surface area contributed by atoms with Crippen LogP contribution in [0.1, 0.15) is 13.8 Å². The number of hydrogen-bond acceptors (Lipinski definition) is 4. The lowest BCUT2D eigenvalue weighted by molar-refractivity contribution is -0.117. The van der Waals surface area contributed by atoms with Crippen LogP contribution in [0.2, 0.25) is 0 Å². The highest BCUT2D eigenvalue weighted by molar-refractivity contribution is 7.89. The zero-order chi connectivity index (χ0) is 19.3. The molecular weight excluding hydrogens is 361 g/mol. The van der Waals surface area contributed by atoms with Gasteiger partial charge in [0.15, 0.2) is 0 Å². The van der Waals surface area contributed by atoms with Crippen LogP contribution < -0.4 is 15.4 Å². The molecule has 26 heavy (non-hydrogen) atoms. The molecule has 0 saturated heterocycles. The summed E-state index contributed by atoms with van der Waals surface area (Å²) < 4.78 is 39.5. The number of benzene rings is 2. The maximum atomic E-state index is 12.9. The number of nitrogens with one attached hydrogen (secondary N) is 3. The highest BCUT2D eigenvalue weighted by Gasteiger charge is 2.22. The second-order valence-electron chi connectivity index (χ2n) is 5.54. The van der Waals surface area contributed by atoms with Gasteiger partial charge in [0.1, 0.15) is 5.82 Å². The molecule has 1 unspecified atom stereocenters. The van der Waals surface area contributed by atoms with Gasteiger partial charge >= 0.3 is 0 Å². The molecule has 2 aromatic rings. The molecule has 0 fully saturated rings. The van der Waals surface area contributed by atoms with Crippen molar-refractivity contribution in [3.05, 3.63) is 54.3 Å². The van der Waals surface area contributed by atoms with E-state index in [1.807, 2.05) is 0 Å². The quantitative estimate of drug-likeness (QED) is 0.715. The van der Waals surface area contributed by atoms with Gasteiger partial charge in [-0.2, -0.15) is 4.72 Å². The van der Waals surface area contributed by atoms with Crippen molar-refractivity contribution < 1.29 is 22.4 Å². The predicted octanol–water partition coefficient (Wildman–Crippen LogP) is 2.09. The van der Waals surface area contributed by atoms with Crippen molar-refractivity contribution in [3.63, 3.8) is 0 Å². The summed E-state index contributed by atoms with van der Waals surface area (Å²) in [7, 11) is -3.96. The molecule has 2 aromatic carbocycles.